The highest BCUT2D eigenvalue weighted by Gasteiger charge is 2.13. The zero-order valence-corrected chi connectivity index (χ0v) is 12.7. The standard InChI is InChI=1S/C17H18ClNO2/c1-2-10-19-17(20)15-11-14(18)8-9-16(15)21-12-13-6-4-3-5-7-13/h3-9,11H,2,10,12H2,1H3,(H,19,20). The quantitative estimate of drug-likeness (QED) is 0.874. The van der Waals surface area contributed by atoms with E-state index in [9.17, 15) is 4.79 Å². The van der Waals surface area contributed by atoms with E-state index >= 15 is 0 Å². The number of halogens is 1. The van der Waals surface area contributed by atoms with Crippen LogP contribution in [0.5, 0.6) is 5.75 Å². The molecule has 0 saturated heterocycles. The molecule has 0 fully saturated rings. The lowest BCUT2D eigenvalue weighted by molar-refractivity contribution is 0.0949. The van der Waals surface area contributed by atoms with E-state index in [0.29, 0.717) is 29.5 Å². The molecule has 2 aromatic carbocycles. The summed E-state index contributed by atoms with van der Waals surface area (Å²) in [5, 5.41) is 3.35. The molecule has 0 atom stereocenters. The fourth-order valence-corrected chi connectivity index (χ4v) is 2.05. The summed E-state index contributed by atoms with van der Waals surface area (Å²) in [5.41, 5.74) is 1.51. The van der Waals surface area contributed by atoms with Gasteiger partial charge in [-0.3, -0.25) is 4.79 Å². The molecule has 0 saturated carbocycles. The lowest BCUT2D eigenvalue weighted by atomic mass is 10.2. The summed E-state index contributed by atoms with van der Waals surface area (Å²) < 4.78 is 5.76. The van der Waals surface area contributed by atoms with Crippen LogP contribution in [0.3, 0.4) is 0 Å². The number of nitrogens with one attached hydrogen (secondary N) is 1. The van der Waals surface area contributed by atoms with Gasteiger partial charge < -0.3 is 10.1 Å². The van der Waals surface area contributed by atoms with E-state index < -0.39 is 0 Å². The monoisotopic (exact) mass is 303 g/mol. The van der Waals surface area contributed by atoms with Crippen LogP contribution >= 0.6 is 11.6 Å². The molecule has 0 aliphatic carbocycles. The third kappa shape index (κ3) is 4.50. The van der Waals surface area contributed by atoms with Gasteiger partial charge in [0, 0.05) is 11.6 Å². The molecule has 3 nitrogen and oxygen atoms in total. The van der Waals surface area contributed by atoms with Gasteiger partial charge in [-0.15, -0.1) is 0 Å². The molecule has 0 spiro atoms. The minimum Gasteiger partial charge on any atom is -0.488 e. The van der Waals surface area contributed by atoms with Gasteiger partial charge in [0.05, 0.1) is 5.56 Å². The van der Waals surface area contributed by atoms with Crippen molar-refractivity contribution >= 4 is 17.5 Å². The van der Waals surface area contributed by atoms with Gasteiger partial charge in [0.1, 0.15) is 12.4 Å². The maximum Gasteiger partial charge on any atom is 0.255 e. The Labute approximate surface area is 129 Å². The number of hydrogen-bond acceptors (Lipinski definition) is 2. The Morgan fingerprint density at radius 3 is 2.67 bits per heavy atom. The highest BCUT2D eigenvalue weighted by Crippen LogP contribution is 2.24. The highest BCUT2D eigenvalue weighted by molar-refractivity contribution is 6.31. The molecule has 21 heavy (non-hydrogen) atoms. The first-order valence-corrected chi connectivity index (χ1v) is 7.33. The first-order valence-electron chi connectivity index (χ1n) is 6.95. The summed E-state index contributed by atoms with van der Waals surface area (Å²) in [5.74, 6) is 0.374. The smallest absolute Gasteiger partial charge is 0.255 e. The molecule has 1 amide bonds. The van der Waals surface area contributed by atoms with Crippen molar-refractivity contribution in [2.24, 2.45) is 0 Å². The second-order valence-corrected chi connectivity index (χ2v) is 5.11. The van der Waals surface area contributed by atoms with Gasteiger partial charge >= 0.3 is 0 Å². The van der Waals surface area contributed by atoms with E-state index in [1.807, 2.05) is 37.3 Å². The molecule has 4 heteroatoms. The van der Waals surface area contributed by atoms with Crippen molar-refractivity contribution in [3.63, 3.8) is 0 Å². The number of rotatable bonds is 6. The molecule has 0 bridgehead atoms. The minimum atomic E-state index is -0.164. The zero-order chi connectivity index (χ0) is 15.1. The van der Waals surface area contributed by atoms with Gasteiger partial charge in [-0.1, -0.05) is 48.9 Å². The fraction of sp³-hybridized carbons (Fsp3) is 0.235. The Balaban J connectivity index is 2.13. The second kappa shape index (κ2) is 7.70. The molecular formula is C17H18ClNO2. The molecule has 0 heterocycles. The molecule has 2 rings (SSSR count). The molecule has 0 radical (unpaired) electrons. The summed E-state index contributed by atoms with van der Waals surface area (Å²) >= 11 is 5.98. The Morgan fingerprint density at radius 1 is 1.19 bits per heavy atom. The van der Waals surface area contributed by atoms with Crippen LogP contribution in [0.1, 0.15) is 29.3 Å². The van der Waals surface area contributed by atoms with Gasteiger partial charge in [-0.25, -0.2) is 0 Å². The van der Waals surface area contributed by atoms with Crippen molar-refractivity contribution in [3.8, 4) is 5.75 Å². The average Bonchev–Trinajstić information content (AvgIpc) is 2.52. The lowest BCUT2D eigenvalue weighted by Crippen LogP contribution is -2.24. The molecule has 0 aromatic heterocycles. The van der Waals surface area contributed by atoms with E-state index in [0.717, 1.165) is 12.0 Å². The van der Waals surface area contributed by atoms with E-state index in [-0.39, 0.29) is 5.91 Å². The van der Waals surface area contributed by atoms with Crippen LogP contribution in [0.15, 0.2) is 48.5 Å². The van der Waals surface area contributed by atoms with Crippen LogP contribution < -0.4 is 10.1 Å². The Hall–Kier alpha value is -2.00. The molecule has 0 unspecified atom stereocenters. The molecule has 110 valence electrons. The Morgan fingerprint density at radius 2 is 1.95 bits per heavy atom. The van der Waals surface area contributed by atoms with Crippen molar-refractivity contribution in [1.29, 1.82) is 0 Å². The summed E-state index contributed by atoms with van der Waals surface area (Å²) in [4.78, 5) is 12.1. The van der Waals surface area contributed by atoms with Gasteiger partial charge in [0.15, 0.2) is 0 Å². The van der Waals surface area contributed by atoms with E-state index in [2.05, 4.69) is 5.32 Å². The van der Waals surface area contributed by atoms with Crippen LogP contribution in [0.4, 0.5) is 0 Å². The summed E-state index contributed by atoms with van der Waals surface area (Å²) in [6.07, 6.45) is 0.881. The second-order valence-electron chi connectivity index (χ2n) is 4.67. The molecule has 0 aliphatic rings. The van der Waals surface area contributed by atoms with Gasteiger partial charge in [0.2, 0.25) is 0 Å². The summed E-state index contributed by atoms with van der Waals surface area (Å²) in [7, 11) is 0. The third-order valence-electron chi connectivity index (χ3n) is 2.96. The highest BCUT2D eigenvalue weighted by atomic mass is 35.5. The van der Waals surface area contributed by atoms with Gasteiger partial charge in [-0.2, -0.15) is 0 Å². The number of ether oxygens (including phenoxy) is 1. The normalized spacial score (nSPS) is 10.2. The van der Waals surface area contributed by atoms with Crippen LogP contribution in [0.25, 0.3) is 0 Å². The number of amides is 1. The number of carbonyl (C=O) groups is 1. The van der Waals surface area contributed by atoms with Crippen LogP contribution in [0, 0.1) is 0 Å². The van der Waals surface area contributed by atoms with Gasteiger partial charge in [0.25, 0.3) is 5.91 Å². The molecule has 2 aromatic rings. The van der Waals surface area contributed by atoms with Crippen molar-refractivity contribution in [2.45, 2.75) is 20.0 Å². The van der Waals surface area contributed by atoms with Gasteiger partial charge in [-0.05, 0) is 30.2 Å². The topological polar surface area (TPSA) is 38.3 Å². The first kappa shape index (κ1) is 15.4. The van der Waals surface area contributed by atoms with Crippen LogP contribution in [0.2, 0.25) is 5.02 Å². The largest absolute Gasteiger partial charge is 0.488 e. The van der Waals surface area contributed by atoms with E-state index in [1.54, 1.807) is 18.2 Å². The summed E-state index contributed by atoms with van der Waals surface area (Å²) in [6, 6.07) is 14.9. The third-order valence-corrected chi connectivity index (χ3v) is 3.19. The molecule has 1 N–H and O–H groups in total. The lowest BCUT2D eigenvalue weighted by Gasteiger charge is -2.12. The van der Waals surface area contributed by atoms with Crippen LogP contribution in [-0.4, -0.2) is 12.5 Å². The SMILES string of the molecule is CCCNC(=O)c1cc(Cl)ccc1OCc1ccccc1. The molecular weight excluding hydrogens is 286 g/mol. The van der Waals surface area contributed by atoms with Crippen LogP contribution in [-0.2, 0) is 6.61 Å². The number of carbonyl (C=O) groups excluding carboxylic acids is 1. The fourth-order valence-electron chi connectivity index (χ4n) is 1.87. The maximum atomic E-state index is 12.1. The zero-order valence-electron chi connectivity index (χ0n) is 11.9. The summed E-state index contributed by atoms with van der Waals surface area (Å²) in [6.45, 7) is 3.05. The predicted octanol–water partition coefficient (Wildman–Crippen LogP) is 4.06. The molecule has 0 aliphatic heterocycles. The van der Waals surface area contributed by atoms with Crippen molar-refractivity contribution < 1.29 is 9.53 Å². The minimum absolute atomic E-state index is 0.164. The average molecular weight is 304 g/mol. The van der Waals surface area contributed by atoms with Crippen molar-refractivity contribution in [1.82, 2.24) is 5.32 Å². The predicted molar refractivity (Wildman–Crippen MR) is 84.9 cm³/mol. The van der Waals surface area contributed by atoms with E-state index in [4.69, 9.17) is 16.3 Å². The van der Waals surface area contributed by atoms with Crippen molar-refractivity contribution in [3.05, 3.63) is 64.7 Å². The maximum absolute atomic E-state index is 12.1. The number of benzene rings is 2. The first-order chi connectivity index (χ1) is 10.2. The Kier molecular flexibility index (Phi) is 5.64. The Bertz CT molecular complexity index is 599. The number of hydrogen-bond donors (Lipinski definition) is 1. The van der Waals surface area contributed by atoms with E-state index in [1.165, 1.54) is 0 Å². The van der Waals surface area contributed by atoms with Crippen molar-refractivity contribution in [2.75, 3.05) is 6.54 Å².